The van der Waals surface area contributed by atoms with E-state index in [2.05, 4.69) is 20.2 Å². The standard InChI is InChI=1S/C12H16N6O2S/c1-10-5-4-8-18(10)21(19,20)14-11-6-2-3-7-12(11)17-9-13-15-16-17/h2-3,6-7,9-10,14H,4-5,8H2,1H3. The summed E-state index contributed by atoms with van der Waals surface area (Å²) in [5.74, 6) is 0. The molecule has 112 valence electrons. The molecule has 9 heteroatoms. The fourth-order valence-corrected chi connectivity index (χ4v) is 4.01. The van der Waals surface area contributed by atoms with Gasteiger partial charge in [-0.15, -0.1) is 5.10 Å². The molecular weight excluding hydrogens is 292 g/mol. The Hall–Kier alpha value is -2.00. The van der Waals surface area contributed by atoms with Gasteiger partial charge in [-0.05, 0) is 42.3 Å². The van der Waals surface area contributed by atoms with E-state index in [1.165, 1.54) is 15.3 Å². The number of anilines is 1. The van der Waals surface area contributed by atoms with Crippen molar-refractivity contribution in [1.29, 1.82) is 0 Å². The predicted molar refractivity (Wildman–Crippen MR) is 77.1 cm³/mol. The van der Waals surface area contributed by atoms with Crippen LogP contribution >= 0.6 is 0 Å². The molecule has 3 rings (SSSR count). The molecular formula is C12H16N6O2S. The van der Waals surface area contributed by atoms with Crippen molar-refractivity contribution in [3.05, 3.63) is 30.6 Å². The van der Waals surface area contributed by atoms with Crippen molar-refractivity contribution in [2.75, 3.05) is 11.3 Å². The van der Waals surface area contributed by atoms with Crippen LogP contribution in [0.15, 0.2) is 30.6 Å². The number of tetrazole rings is 1. The molecule has 1 aromatic heterocycles. The Bertz CT molecular complexity index is 715. The van der Waals surface area contributed by atoms with Crippen LogP contribution in [0.3, 0.4) is 0 Å². The number of hydrogen-bond donors (Lipinski definition) is 1. The number of benzene rings is 1. The number of hydrogen-bond acceptors (Lipinski definition) is 5. The average Bonchev–Trinajstić information content (AvgIpc) is 3.10. The van der Waals surface area contributed by atoms with Gasteiger partial charge < -0.3 is 0 Å². The smallest absolute Gasteiger partial charge is 0.269 e. The quantitative estimate of drug-likeness (QED) is 0.902. The lowest BCUT2D eigenvalue weighted by atomic mass is 10.3. The second-order valence-electron chi connectivity index (χ2n) is 4.98. The maximum Gasteiger partial charge on any atom is 0.301 e. The molecule has 1 fully saturated rings. The summed E-state index contributed by atoms with van der Waals surface area (Å²) < 4.78 is 30.5. The van der Waals surface area contributed by atoms with Gasteiger partial charge in [0.2, 0.25) is 0 Å². The van der Waals surface area contributed by atoms with E-state index in [1.807, 2.05) is 6.92 Å². The van der Waals surface area contributed by atoms with Gasteiger partial charge in [0.1, 0.15) is 6.33 Å². The lowest BCUT2D eigenvalue weighted by Crippen LogP contribution is -2.38. The minimum Gasteiger partial charge on any atom is -0.269 e. The number of nitrogens with zero attached hydrogens (tertiary/aromatic N) is 5. The van der Waals surface area contributed by atoms with Crippen LogP contribution in [0.5, 0.6) is 0 Å². The highest BCUT2D eigenvalue weighted by molar-refractivity contribution is 7.90. The highest BCUT2D eigenvalue weighted by Gasteiger charge is 2.31. The number of aromatic nitrogens is 4. The van der Waals surface area contributed by atoms with Crippen LogP contribution in [0, 0.1) is 0 Å². The van der Waals surface area contributed by atoms with Crippen molar-refractivity contribution in [2.24, 2.45) is 0 Å². The van der Waals surface area contributed by atoms with Crippen molar-refractivity contribution in [3.8, 4) is 5.69 Å². The van der Waals surface area contributed by atoms with Gasteiger partial charge in [-0.25, -0.2) is 0 Å². The fraction of sp³-hybridized carbons (Fsp3) is 0.417. The maximum absolute atomic E-state index is 12.5. The number of para-hydroxylation sites is 2. The summed E-state index contributed by atoms with van der Waals surface area (Å²) in [4.78, 5) is 0. The minimum atomic E-state index is -3.57. The molecule has 1 N–H and O–H groups in total. The lowest BCUT2D eigenvalue weighted by Gasteiger charge is -2.22. The SMILES string of the molecule is CC1CCCN1S(=O)(=O)Nc1ccccc1-n1cnnn1. The van der Waals surface area contributed by atoms with Crippen LogP contribution < -0.4 is 4.72 Å². The normalized spacial score (nSPS) is 19.8. The maximum atomic E-state index is 12.5. The van der Waals surface area contributed by atoms with Crippen LogP contribution in [-0.4, -0.2) is 45.5 Å². The van der Waals surface area contributed by atoms with Crippen LogP contribution in [-0.2, 0) is 10.2 Å². The number of rotatable bonds is 4. The van der Waals surface area contributed by atoms with E-state index in [1.54, 1.807) is 24.3 Å². The summed E-state index contributed by atoms with van der Waals surface area (Å²) in [6.07, 6.45) is 3.19. The third-order valence-electron chi connectivity index (χ3n) is 3.54. The summed E-state index contributed by atoms with van der Waals surface area (Å²) in [7, 11) is -3.57. The van der Waals surface area contributed by atoms with Crippen molar-refractivity contribution in [3.63, 3.8) is 0 Å². The summed E-state index contributed by atoms with van der Waals surface area (Å²) >= 11 is 0. The first-order valence-corrected chi connectivity index (χ1v) is 8.14. The van der Waals surface area contributed by atoms with Gasteiger partial charge >= 0.3 is 10.2 Å². The van der Waals surface area contributed by atoms with E-state index >= 15 is 0 Å². The molecule has 1 aromatic carbocycles. The van der Waals surface area contributed by atoms with Crippen LogP contribution in [0.4, 0.5) is 5.69 Å². The van der Waals surface area contributed by atoms with Crippen molar-refractivity contribution < 1.29 is 8.42 Å². The molecule has 1 unspecified atom stereocenters. The van der Waals surface area contributed by atoms with Crippen LogP contribution in [0.25, 0.3) is 5.69 Å². The molecule has 1 saturated heterocycles. The zero-order valence-electron chi connectivity index (χ0n) is 11.5. The molecule has 0 radical (unpaired) electrons. The second-order valence-corrected chi connectivity index (χ2v) is 6.60. The van der Waals surface area contributed by atoms with E-state index in [9.17, 15) is 8.42 Å². The molecule has 0 bridgehead atoms. The molecule has 1 aliphatic heterocycles. The Balaban J connectivity index is 1.92. The zero-order chi connectivity index (χ0) is 14.9. The molecule has 8 nitrogen and oxygen atoms in total. The van der Waals surface area contributed by atoms with Crippen LogP contribution in [0.1, 0.15) is 19.8 Å². The first-order valence-electron chi connectivity index (χ1n) is 6.70. The van der Waals surface area contributed by atoms with E-state index in [4.69, 9.17) is 0 Å². The number of nitrogens with one attached hydrogen (secondary N) is 1. The molecule has 1 atom stereocenters. The van der Waals surface area contributed by atoms with Gasteiger partial charge in [0.15, 0.2) is 0 Å². The third-order valence-corrected chi connectivity index (χ3v) is 5.18. The minimum absolute atomic E-state index is 0.0164. The van der Waals surface area contributed by atoms with Gasteiger partial charge in [0, 0.05) is 12.6 Å². The van der Waals surface area contributed by atoms with Crippen molar-refractivity contribution in [2.45, 2.75) is 25.8 Å². The Labute approximate surface area is 122 Å². The summed E-state index contributed by atoms with van der Waals surface area (Å²) in [5.41, 5.74) is 1.03. The lowest BCUT2D eigenvalue weighted by molar-refractivity contribution is 0.412. The first kappa shape index (κ1) is 14.0. The van der Waals surface area contributed by atoms with Gasteiger partial charge in [-0.1, -0.05) is 12.1 Å². The molecule has 0 amide bonds. The topological polar surface area (TPSA) is 93.0 Å². The fourth-order valence-electron chi connectivity index (χ4n) is 2.49. The van der Waals surface area contributed by atoms with E-state index in [0.717, 1.165) is 12.8 Å². The van der Waals surface area contributed by atoms with Gasteiger partial charge in [0.25, 0.3) is 0 Å². The average molecular weight is 308 g/mol. The molecule has 0 spiro atoms. The highest BCUT2D eigenvalue weighted by atomic mass is 32.2. The zero-order valence-corrected chi connectivity index (χ0v) is 12.4. The summed E-state index contributed by atoms with van der Waals surface area (Å²) in [6, 6.07) is 7.02. The van der Waals surface area contributed by atoms with Gasteiger partial charge in [-0.2, -0.15) is 17.4 Å². The van der Waals surface area contributed by atoms with Gasteiger partial charge in [-0.3, -0.25) is 4.72 Å². The predicted octanol–water partition coefficient (Wildman–Crippen LogP) is 0.803. The van der Waals surface area contributed by atoms with Crippen LogP contribution in [0.2, 0.25) is 0 Å². The monoisotopic (exact) mass is 308 g/mol. The van der Waals surface area contributed by atoms with E-state index in [-0.39, 0.29) is 6.04 Å². The van der Waals surface area contributed by atoms with E-state index < -0.39 is 10.2 Å². The summed E-state index contributed by atoms with van der Waals surface area (Å²) in [6.45, 7) is 2.46. The Morgan fingerprint density at radius 1 is 1.33 bits per heavy atom. The molecule has 2 aromatic rings. The Kier molecular flexibility index (Phi) is 3.60. The van der Waals surface area contributed by atoms with Gasteiger partial charge in [0.05, 0.1) is 11.4 Å². The molecule has 2 heterocycles. The largest absolute Gasteiger partial charge is 0.301 e. The van der Waals surface area contributed by atoms with Crippen molar-refractivity contribution in [1.82, 2.24) is 24.5 Å². The Morgan fingerprint density at radius 3 is 2.81 bits per heavy atom. The second kappa shape index (κ2) is 5.41. The molecule has 0 saturated carbocycles. The first-order chi connectivity index (χ1) is 10.1. The molecule has 0 aliphatic carbocycles. The molecule has 21 heavy (non-hydrogen) atoms. The van der Waals surface area contributed by atoms with E-state index in [0.29, 0.717) is 17.9 Å². The van der Waals surface area contributed by atoms with Crippen molar-refractivity contribution >= 4 is 15.9 Å². The third kappa shape index (κ3) is 2.74. The summed E-state index contributed by atoms with van der Waals surface area (Å²) in [5, 5.41) is 10.9. The Morgan fingerprint density at radius 2 is 2.14 bits per heavy atom. The highest BCUT2D eigenvalue weighted by Crippen LogP contribution is 2.25. The molecule has 1 aliphatic rings.